The first-order chi connectivity index (χ1) is 20.8. The molecule has 50 heavy (non-hydrogen) atoms. The van der Waals surface area contributed by atoms with Crippen molar-refractivity contribution in [2.45, 2.75) is 157 Å². The maximum Gasteiger partial charge on any atom is 3.00 e. The third kappa shape index (κ3) is 56.9. The van der Waals surface area contributed by atoms with E-state index < -0.39 is 65.9 Å². The van der Waals surface area contributed by atoms with E-state index in [1.807, 2.05) is 12.1 Å². The normalized spacial score (nSPS) is 13.6. The molecule has 0 spiro atoms. The van der Waals surface area contributed by atoms with E-state index in [4.69, 9.17) is 18.6 Å². The molecule has 286 valence electrons. The number of nitrogens with zero attached hydrogens (tertiary/aromatic N) is 4. The van der Waals surface area contributed by atoms with E-state index in [9.17, 15) is 0 Å². The van der Waals surface area contributed by atoms with Crippen LogP contribution in [0.2, 0.25) is 157 Å². The van der Waals surface area contributed by atoms with Gasteiger partial charge >= 0.3 is 62.2 Å². The van der Waals surface area contributed by atoms with Gasteiger partial charge in [0.1, 0.15) is 0 Å². The number of rotatable bonds is 9. The van der Waals surface area contributed by atoms with Gasteiger partial charge in [-0.05, 0) is 0 Å². The second-order valence-corrected chi connectivity index (χ2v) is 58.9. The predicted molar refractivity (Wildman–Crippen MR) is 252 cm³/mol. The molecule has 0 amide bonds. The summed E-state index contributed by atoms with van der Waals surface area (Å²) in [4.78, 5) is 0. The number of hydrogen-bond acceptors (Lipinski definition) is 0. The van der Waals surface area contributed by atoms with Gasteiger partial charge in [0.05, 0.1) is 0 Å². The van der Waals surface area contributed by atoms with Gasteiger partial charge in [0.2, 0.25) is 0 Å². The summed E-state index contributed by atoms with van der Waals surface area (Å²) in [5, 5.41) is 0. The molecule has 1 aliphatic rings. The first-order valence-corrected chi connectivity index (χ1v) is 45.4. The van der Waals surface area contributed by atoms with Crippen LogP contribution in [0.25, 0.3) is 24.2 Å². The summed E-state index contributed by atoms with van der Waals surface area (Å²) in [6.45, 7) is 55.1. The molecule has 0 unspecified atom stereocenters. The van der Waals surface area contributed by atoms with Crippen LogP contribution in [-0.4, -0.2) is 65.9 Å². The summed E-state index contributed by atoms with van der Waals surface area (Å²) >= 11 is 0. The fourth-order valence-corrected chi connectivity index (χ4v) is 37.5. The molecule has 1 aromatic carbocycles. The molecular weight excluding hydrogens is 1190 g/mol. The Morgan fingerprint density at radius 2 is 0.600 bits per heavy atom. The molecule has 0 fully saturated rings. The van der Waals surface area contributed by atoms with Gasteiger partial charge in [-0.2, -0.15) is 5.56 Å². The van der Waals surface area contributed by atoms with Crippen molar-refractivity contribution in [1.82, 2.24) is 0 Å². The van der Waals surface area contributed by atoms with Gasteiger partial charge in [-0.15, -0.1) is 12.1 Å². The van der Waals surface area contributed by atoms with Crippen LogP contribution in [0.4, 0.5) is 0 Å². The SMILES string of the molecule is C1=C[CH-]C(c2ccccc2)=C[CH-]1.C[Si](C)(C)[N-][Si](C)(C)C.C[Si](C)(C)[N-][Si](C)(C)C.C[Si](C)(C)[N-][Si](C)(C)C.C[Si](C)(C)[N-][Si](C)(C)C.[U+3].[U+3]. The molecule has 1 aliphatic carbocycles. The van der Waals surface area contributed by atoms with E-state index in [0.717, 1.165) is 0 Å². The standard InChI is InChI=1S/C12H10.4C6H18NSi2.2U/c1-3-7-11(8-4-1)12-9-5-2-6-10-12;4*1-8(2,3)7-9(4,5)6;;/h1-10H;4*1-6H3;;/q-2;4*-1;2*+3. The molecule has 2 radical (unpaired) electrons. The predicted octanol–water partition coefficient (Wildman–Crippen LogP) is 15.2. The Hall–Kier alpha value is 2.12. The summed E-state index contributed by atoms with van der Waals surface area (Å²) in [6.07, 6.45) is 10.4. The minimum atomic E-state index is -1.11. The van der Waals surface area contributed by atoms with Crippen molar-refractivity contribution in [1.29, 1.82) is 0 Å². The van der Waals surface area contributed by atoms with Crippen molar-refractivity contribution in [3.8, 4) is 0 Å². The Morgan fingerprint density at radius 1 is 0.360 bits per heavy atom. The van der Waals surface area contributed by atoms with Crippen LogP contribution in [0.15, 0.2) is 48.6 Å². The van der Waals surface area contributed by atoms with E-state index >= 15 is 0 Å². The monoisotopic (exact) mass is 1270 g/mol. The Bertz CT molecular complexity index is 897. The summed E-state index contributed by atoms with van der Waals surface area (Å²) in [5.74, 6) is 0. The maximum atomic E-state index is 4.82. The first kappa shape index (κ1) is 61.3. The van der Waals surface area contributed by atoms with E-state index in [-0.39, 0.29) is 62.2 Å². The van der Waals surface area contributed by atoms with Crippen LogP contribution >= 0.6 is 0 Å². The Labute approximate surface area is 372 Å². The van der Waals surface area contributed by atoms with Crippen LogP contribution in [0.5, 0.6) is 0 Å². The molecule has 1 aromatic rings. The van der Waals surface area contributed by atoms with Crippen molar-refractivity contribution in [2.24, 2.45) is 0 Å². The average Bonchev–Trinajstić information content (AvgIpc) is 2.72. The number of benzene rings is 1. The molecular formula is C36H82N4Si8U2. The third-order valence-electron chi connectivity index (χ3n) is 4.56. The third-order valence-corrected chi connectivity index (χ3v) is 26.0. The van der Waals surface area contributed by atoms with Gasteiger partial charge in [-0.3, -0.25) is 36.6 Å². The Kier molecular flexibility index (Phi) is 32.0. The van der Waals surface area contributed by atoms with Crippen LogP contribution in [0.3, 0.4) is 0 Å². The minimum Gasteiger partial charge on any atom is -0.668 e. The van der Waals surface area contributed by atoms with E-state index in [2.05, 4.69) is 206 Å². The molecule has 2 rings (SSSR count). The van der Waals surface area contributed by atoms with Gasteiger partial charge in [0.25, 0.3) is 0 Å². The maximum absolute atomic E-state index is 4.82. The Morgan fingerprint density at radius 3 is 0.760 bits per heavy atom. The largest absolute Gasteiger partial charge is 3.00 e. The average molecular weight is 1270 g/mol. The van der Waals surface area contributed by atoms with Gasteiger partial charge in [0, 0.05) is 0 Å². The van der Waals surface area contributed by atoms with Crippen LogP contribution in [0.1, 0.15) is 5.56 Å². The van der Waals surface area contributed by atoms with Gasteiger partial charge in [-0.1, -0.05) is 241 Å². The molecule has 4 nitrogen and oxygen atoms in total. The van der Waals surface area contributed by atoms with Crippen molar-refractivity contribution in [3.05, 3.63) is 85.6 Å². The van der Waals surface area contributed by atoms with E-state index in [1.54, 1.807) is 0 Å². The molecule has 0 atom stereocenters. The summed E-state index contributed by atoms with van der Waals surface area (Å²) in [6, 6.07) is 10.4. The van der Waals surface area contributed by atoms with E-state index in [1.165, 1.54) is 11.1 Å². The molecule has 0 bridgehead atoms. The van der Waals surface area contributed by atoms with Crippen LogP contribution < -0.4 is 0 Å². The van der Waals surface area contributed by atoms with E-state index in [0.29, 0.717) is 0 Å². The molecule has 0 N–H and O–H groups in total. The van der Waals surface area contributed by atoms with Gasteiger partial charge in [-0.25, -0.2) is 0 Å². The fraction of sp³-hybridized carbons (Fsp3) is 0.667. The van der Waals surface area contributed by atoms with Crippen LogP contribution in [-0.2, 0) is 0 Å². The zero-order valence-electron chi connectivity index (χ0n) is 37.6. The van der Waals surface area contributed by atoms with Crippen molar-refractivity contribution in [3.63, 3.8) is 0 Å². The molecule has 0 saturated carbocycles. The minimum absolute atomic E-state index is 0. The van der Waals surface area contributed by atoms with Crippen LogP contribution in [0, 0.1) is 75.1 Å². The molecule has 0 aliphatic heterocycles. The molecule has 0 saturated heterocycles. The number of hydrogen-bond donors (Lipinski definition) is 0. The second-order valence-electron chi connectivity index (χ2n) is 20.5. The van der Waals surface area contributed by atoms with Crippen molar-refractivity contribution in [2.75, 3.05) is 0 Å². The number of allylic oxidation sites excluding steroid dienone is 4. The van der Waals surface area contributed by atoms with Gasteiger partial charge in [0.15, 0.2) is 0 Å². The second kappa shape index (κ2) is 26.1. The molecule has 14 heteroatoms. The summed E-state index contributed by atoms with van der Waals surface area (Å²) in [7, 11) is -8.85. The topological polar surface area (TPSA) is 56.4 Å². The first-order valence-electron chi connectivity index (χ1n) is 17.9. The summed E-state index contributed by atoms with van der Waals surface area (Å²) < 4.78 is 19.3. The van der Waals surface area contributed by atoms with Crippen molar-refractivity contribution >= 4 is 71.5 Å². The zero-order chi connectivity index (χ0) is 39.1. The van der Waals surface area contributed by atoms with Crippen molar-refractivity contribution < 1.29 is 62.2 Å². The van der Waals surface area contributed by atoms with Gasteiger partial charge < -0.3 is 18.6 Å². The quantitative estimate of drug-likeness (QED) is 0.175. The molecule has 0 heterocycles. The Balaban J connectivity index is -0.000000168. The molecule has 0 aromatic heterocycles. The zero-order valence-corrected chi connectivity index (χ0v) is 53.9. The fourth-order valence-electron chi connectivity index (χ4n) is 5.29. The summed E-state index contributed by atoms with van der Waals surface area (Å²) in [5.41, 5.74) is 2.55. The smallest absolute Gasteiger partial charge is 0.668 e.